The first-order valence-corrected chi connectivity index (χ1v) is 10.9. The minimum atomic E-state index is -3.61. The van der Waals surface area contributed by atoms with Gasteiger partial charge in [0.2, 0.25) is 10.0 Å². The lowest BCUT2D eigenvalue weighted by atomic mass is 10.0. The SMILES string of the molecule is COc1ccc(S(=O)(=O)NC2CCN(C(=O)c3ccc(OC)cc3C)CC2)cc1. The van der Waals surface area contributed by atoms with Crippen LogP contribution in [0.1, 0.15) is 28.8 Å². The average Bonchev–Trinajstić information content (AvgIpc) is 2.73. The van der Waals surface area contributed by atoms with E-state index < -0.39 is 10.0 Å². The molecule has 1 amide bonds. The highest BCUT2D eigenvalue weighted by Gasteiger charge is 2.27. The number of hydrogen-bond donors (Lipinski definition) is 1. The summed E-state index contributed by atoms with van der Waals surface area (Å²) in [5.74, 6) is 1.27. The summed E-state index contributed by atoms with van der Waals surface area (Å²) in [7, 11) is -0.489. The van der Waals surface area contributed by atoms with E-state index in [1.54, 1.807) is 36.3 Å². The summed E-state index contributed by atoms with van der Waals surface area (Å²) in [6, 6.07) is 11.5. The van der Waals surface area contributed by atoms with E-state index in [0.717, 1.165) is 5.56 Å². The van der Waals surface area contributed by atoms with Gasteiger partial charge < -0.3 is 14.4 Å². The van der Waals surface area contributed by atoms with Crippen LogP contribution in [0.4, 0.5) is 0 Å². The lowest BCUT2D eigenvalue weighted by Crippen LogP contribution is -2.46. The molecule has 0 spiro atoms. The number of methoxy groups -OCH3 is 2. The molecule has 0 aromatic heterocycles. The fraction of sp³-hybridized carbons (Fsp3) is 0.381. The predicted octanol–water partition coefficient (Wildman–Crippen LogP) is 2.60. The Balaban J connectivity index is 1.60. The van der Waals surface area contributed by atoms with Crippen LogP contribution in [0.3, 0.4) is 0 Å². The molecule has 29 heavy (non-hydrogen) atoms. The molecule has 0 unspecified atom stereocenters. The average molecular weight is 419 g/mol. The number of carbonyl (C=O) groups is 1. The second-order valence-electron chi connectivity index (χ2n) is 7.04. The van der Waals surface area contributed by atoms with Crippen molar-refractivity contribution in [3.63, 3.8) is 0 Å². The van der Waals surface area contributed by atoms with E-state index in [1.807, 2.05) is 13.0 Å². The maximum Gasteiger partial charge on any atom is 0.254 e. The molecule has 2 aromatic rings. The Bertz CT molecular complexity index is 965. The van der Waals surface area contributed by atoms with Crippen LogP contribution < -0.4 is 14.2 Å². The zero-order chi connectivity index (χ0) is 21.0. The van der Waals surface area contributed by atoms with Gasteiger partial charge in [-0.05, 0) is 67.8 Å². The smallest absolute Gasteiger partial charge is 0.254 e. The molecular weight excluding hydrogens is 392 g/mol. The molecule has 0 radical (unpaired) electrons. The fourth-order valence-electron chi connectivity index (χ4n) is 3.42. The number of nitrogens with one attached hydrogen (secondary N) is 1. The number of hydrogen-bond acceptors (Lipinski definition) is 5. The maximum atomic E-state index is 12.8. The standard InChI is InChI=1S/C21H26N2O5S/c1-15-14-18(28-3)6-9-20(15)21(24)23-12-10-16(11-13-23)22-29(25,26)19-7-4-17(27-2)5-8-19/h4-9,14,16,22H,10-13H2,1-3H3. The number of amides is 1. The van der Waals surface area contributed by atoms with Gasteiger partial charge in [-0.1, -0.05) is 0 Å². The highest BCUT2D eigenvalue weighted by atomic mass is 32.2. The second-order valence-corrected chi connectivity index (χ2v) is 8.76. The summed E-state index contributed by atoms with van der Waals surface area (Å²) in [5, 5.41) is 0. The maximum absolute atomic E-state index is 12.8. The summed E-state index contributed by atoms with van der Waals surface area (Å²) >= 11 is 0. The Hall–Kier alpha value is -2.58. The number of benzene rings is 2. The lowest BCUT2D eigenvalue weighted by Gasteiger charge is -2.32. The van der Waals surface area contributed by atoms with Crippen LogP contribution in [0, 0.1) is 6.92 Å². The van der Waals surface area contributed by atoms with Gasteiger partial charge in [0.15, 0.2) is 0 Å². The molecule has 8 heteroatoms. The number of aryl methyl sites for hydroxylation is 1. The molecule has 1 N–H and O–H groups in total. The third-order valence-corrected chi connectivity index (χ3v) is 6.67. The molecule has 1 fully saturated rings. The molecule has 0 bridgehead atoms. The number of likely N-dealkylation sites (tertiary alicyclic amines) is 1. The van der Waals surface area contributed by atoms with Crippen LogP contribution in [0.25, 0.3) is 0 Å². The third kappa shape index (κ3) is 4.89. The van der Waals surface area contributed by atoms with Gasteiger partial charge >= 0.3 is 0 Å². The summed E-state index contributed by atoms with van der Waals surface area (Å²) in [5.41, 5.74) is 1.50. The minimum Gasteiger partial charge on any atom is -0.497 e. The molecule has 2 aromatic carbocycles. The Labute approximate surface area is 171 Å². The van der Waals surface area contributed by atoms with E-state index in [0.29, 0.717) is 43.0 Å². The first kappa shape index (κ1) is 21.1. The fourth-order valence-corrected chi connectivity index (χ4v) is 4.72. The van der Waals surface area contributed by atoms with E-state index in [-0.39, 0.29) is 16.8 Å². The highest BCUT2D eigenvalue weighted by molar-refractivity contribution is 7.89. The van der Waals surface area contributed by atoms with Crippen molar-refractivity contribution in [3.05, 3.63) is 53.6 Å². The van der Waals surface area contributed by atoms with Crippen LogP contribution in [0.5, 0.6) is 11.5 Å². The molecule has 156 valence electrons. The van der Waals surface area contributed by atoms with Crippen molar-refractivity contribution in [3.8, 4) is 11.5 Å². The van der Waals surface area contributed by atoms with E-state index in [1.165, 1.54) is 19.2 Å². The van der Waals surface area contributed by atoms with Crippen molar-refractivity contribution in [2.75, 3.05) is 27.3 Å². The highest BCUT2D eigenvalue weighted by Crippen LogP contribution is 2.22. The lowest BCUT2D eigenvalue weighted by molar-refractivity contribution is 0.0710. The molecule has 1 saturated heterocycles. The Morgan fingerprint density at radius 1 is 1.00 bits per heavy atom. The summed E-state index contributed by atoms with van der Waals surface area (Å²) in [6.45, 7) is 2.88. The number of ether oxygens (including phenoxy) is 2. The predicted molar refractivity (Wildman–Crippen MR) is 110 cm³/mol. The Kier molecular flexibility index (Phi) is 6.44. The zero-order valence-electron chi connectivity index (χ0n) is 16.8. The van der Waals surface area contributed by atoms with Gasteiger partial charge in [-0.2, -0.15) is 0 Å². The van der Waals surface area contributed by atoms with Crippen LogP contribution in [0.15, 0.2) is 47.4 Å². The Morgan fingerprint density at radius 3 is 2.14 bits per heavy atom. The molecule has 0 aliphatic carbocycles. The minimum absolute atomic E-state index is 0.0402. The molecule has 1 aliphatic rings. The number of nitrogens with zero attached hydrogens (tertiary/aromatic N) is 1. The largest absolute Gasteiger partial charge is 0.497 e. The first-order valence-electron chi connectivity index (χ1n) is 9.44. The van der Waals surface area contributed by atoms with Gasteiger partial charge in [-0.3, -0.25) is 4.79 Å². The molecule has 0 saturated carbocycles. The normalized spacial score (nSPS) is 15.2. The van der Waals surface area contributed by atoms with Crippen LogP contribution >= 0.6 is 0 Å². The van der Waals surface area contributed by atoms with E-state index in [4.69, 9.17) is 9.47 Å². The van der Waals surface area contributed by atoms with Crippen LogP contribution in [-0.4, -0.2) is 52.6 Å². The second kappa shape index (κ2) is 8.84. The van der Waals surface area contributed by atoms with E-state index in [2.05, 4.69) is 4.72 Å². The van der Waals surface area contributed by atoms with E-state index >= 15 is 0 Å². The number of carbonyl (C=O) groups excluding carboxylic acids is 1. The van der Waals surface area contributed by atoms with Gasteiger partial charge in [0.1, 0.15) is 11.5 Å². The van der Waals surface area contributed by atoms with Crippen molar-refractivity contribution in [1.82, 2.24) is 9.62 Å². The van der Waals surface area contributed by atoms with Crippen molar-refractivity contribution in [2.45, 2.75) is 30.7 Å². The van der Waals surface area contributed by atoms with E-state index in [9.17, 15) is 13.2 Å². The third-order valence-electron chi connectivity index (χ3n) is 5.14. The van der Waals surface area contributed by atoms with Gasteiger partial charge in [0, 0.05) is 24.7 Å². The first-order chi connectivity index (χ1) is 13.8. The summed E-state index contributed by atoms with van der Waals surface area (Å²) in [6.07, 6.45) is 1.13. The van der Waals surface area contributed by atoms with Gasteiger partial charge in [-0.15, -0.1) is 0 Å². The van der Waals surface area contributed by atoms with Gasteiger partial charge in [0.25, 0.3) is 5.91 Å². The molecule has 1 aliphatic heterocycles. The van der Waals surface area contributed by atoms with Crippen LogP contribution in [0.2, 0.25) is 0 Å². The molecule has 7 nitrogen and oxygen atoms in total. The summed E-state index contributed by atoms with van der Waals surface area (Å²) < 4.78 is 38.2. The molecule has 0 atom stereocenters. The number of sulfonamides is 1. The molecule has 3 rings (SSSR count). The quantitative estimate of drug-likeness (QED) is 0.779. The topological polar surface area (TPSA) is 84.9 Å². The van der Waals surface area contributed by atoms with Gasteiger partial charge in [-0.25, -0.2) is 13.1 Å². The molecule has 1 heterocycles. The summed E-state index contributed by atoms with van der Waals surface area (Å²) in [4.78, 5) is 14.8. The Morgan fingerprint density at radius 2 is 1.59 bits per heavy atom. The monoisotopic (exact) mass is 418 g/mol. The van der Waals surface area contributed by atoms with Gasteiger partial charge in [0.05, 0.1) is 19.1 Å². The van der Waals surface area contributed by atoms with Crippen molar-refractivity contribution >= 4 is 15.9 Å². The number of rotatable bonds is 6. The van der Waals surface area contributed by atoms with Crippen molar-refractivity contribution < 1.29 is 22.7 Å². The number of piperidine rings is 1. The van der Waals surface area contributed by atoms with Crippen molar-refractivity contribution in [2.24, 2.45) is 0 Å². The van der Waals surface area contributed by atoms with Crippen LogP contribution in [-0.2, 0) is 10.0 Å². The van der Waals surface area contributed by atoms with Crippen molar-refractivity contribution in [1.29, 1.82) is 0 Å². The zero-order valence-corrected chi connectivity index (χ0v) is 17.7. The molecular formula is C21H26N2O5S.